The molecule has 3 aromatic rings. The lowest BCUT2D eigenvalue weighted by Gasteiger charge is -2.12. The first kappa shape index (κ1) is 13.2. The van der Waals surface area contributed by atoms with Crippen LogP contribution in [0.3, 0.4) is 0 Å². The predicted octanol–water partition coefficient (Wildman–Crippen LogP) is 3.88. The molecular weight excluding hydrogens is 262 g/mol. The van der Waals surface area contributed by atoms with Crippen LogP contribution < -0.4 is 15.8 Å². The van der Waals surface area contributed by atoms with Gasteiger partial charge in [0, 0.05) is 45.8 Å². The van der Waals surface area contributed by atoms with Crippen molar-refractivity contribution in [2.24, 2.45) is 0 Å². The highest BCUT2D eigenvalue weighted by atomic mass is 16.5. The SMILES string of the molecule is COc1cccc(Nc2ccc(N)c3cnc(C)cc23)c1. The summed E-state index contributed by atoms with van der Waals surface area (Å²) in [5.74, 6) is 0.817. The van der Waals surface area contributed by atoms with Crippen LogP contribution in [0.1, 0.15) is 5.69 Å². The van der Waals surface area contributed by atoms with Gasteiger partial charge in [0.15, 0.2) is 0 Å². The van der Waals surface area contributed by atoms with E-state index in [1.807, 2.05) is 55.6 Å². The van der Waals surface area contributed by atoms with E-state index in [0.29, 0.717) is 0 Å². The van der Waals surface area contributed by atoms with E-state index < -0.39 is 0 Å². The summed E-state index contributed by atoms with van der Waals surface area (Å²) in [6.45, 7) is 1.97. The molecule has 3 N–H and O–H groups in total. The number of aromatic nitrogens is 1. The predicted molar refractivity (Wildman–Crippen MR) is 87.2 cm³/mol. The van der Waals surface area contributed by atoms with Gasteiger partial charge in [-0.3, -0.25) is 4.98 Å². The Labute approximate surface area is 123 Å². The lowest BCUT2D eigenvalue weighted by atomic mass is 10.1. The van der Waals surface area contributed by atoms with Crippen molar-refractivity contribution >= 4 is 27.8 Å². The Morgan fingerprint density at radius 3 is 2.76 bits per heavy atom. The number of aryl methyl sites for hydroxylation is 1. The first-order valence-electron chi connectivity index (χ1n) is 6.73. The summed E-state index contributed by atoms with van der Waals surface area (Å²) in [6, 6.07) is 13.7. The van der Waals surface area contributed by atoms with Gasteiger partial charge in [-0.25, -0.2) is 0 Å². The molecule has 0 saturated heterocycles. The van der Waals surface area contributed by atoms with E-state index in [1.54, 1.807) is 7.11 Å². The fourth-order valence-electron chi connectivity index (χ4n) is 2.33. The maximum absolute atomic E-state index is 6.03. The van der Waals surface area contributed by atoms with Crippen LogP contribution in [0.5, 0.6) is 5.75 Å². The normalized spacial score (nSPS) is 10.6. The number of nitrogen functional groups attached to an aromatic ring is 1. The Bertz CT molecular complexity index is 799. The molecule has 2 aromatic carbocycles. The highest BCUT2D eigenvalue weighted by Gasteiger charge is 2.06. The number of nitrogens with one attached hydrogen (secondary N) is 1. The first-order valence-corrected chi connectivity index (χ1v) is 6.73. The number of anilines is 3. The number of pyridine rings is 1. The molecule has 0 aliphatic rings. The minimum absolute atomic E-state index is 0.730. The minimum Gasteiger partial charge on any atom is -0.497 e. The number of hydrogen-bond donors (Lipinski definition) is 2. The molecule has 106 valence electrons. The molecule has 0 radical (unpaired) electrons. The van der Waals surface area contributed by atoms with Crippen LogP contribution in [0.25, 0.3) is 10.8 Å². The summed E-state index contributed by atoms with van der Waals surface area (Å²) in [6.07, 6.45) is 1.82. The van der Waals surface area contributed by atoms with Gasteiger partial charge in [0.2, 0.25) is 0 Å². The van der Waals surface area contributed by atoms with Crippen molar-refractivity contribution in [2.45, 2.75) is 6.92 Å². The van der Waals surface area contributed by atoms with Crippen molar-refractivity contribution in [1.82, 2.24) is 4.98 Å². The van der Waals surface area contributed by atoms with Crippen LogP contribution in [0.4, 0.5) is 17.1 Å². The summed E-state index contributed by atoms with van der Waals surface area (Å²) in [5, 5.41) is 5.43. The van der Waals surface area contributed by atoms with Gasteiger partial charge in [0.1, 0.15) is 5.75 Å². The van der Waals surface area contributed by atoms with E-state index in [0.717, 1.165) is 39.3 Å². The Balaban J connectivity index is 2.08. The average molecular weight is 279 g/mol. The molecule has 0 amide bonds. The lowest BCUT2D eigenvalue weighted by Crippen LogP contribution is -1.96. The Kier molecular flexibility index (Phi) is 3.36. The van der Waals surface area contributed by atoms with Crippen LogP contribution in [-0.4, -0.2) is 12.1 Å². The molecule has 1 heterocycles. The fourth-order valence-corrected chi connectivity index (χ4v) is 2.33. The van der Waals surface area contributed by atoms with Gasteiger partial charge < -0.3 is 15.8 Å². The van der Waals surface area contributed by atoms with Crippen LogP contribution in [0, 0.1) is 6.92 Å². The fraction of sp³-hybridized carbons (Fsp3) is 0.118. The van der Waals surface area contributed by atoms with Crippen molar-refractivity contribution in [3.63, 3.8) is 0 Å². The quantitative estimate of drug-likeness (QED) is 0.714. The van der Waals surface area contributed by atoms with Crippen molar-refractivity contribution in [3.8, 4) is 5.75 Å². The third-order valence-corrected chi connectivity index (χ3v) is 3.42. The minimum atomic E-state index is 0.730. The molecule has 21 heavy (non-hydrogen) atoms. The number of fused-ring (bicyclic) bond motifs is 1. The maximum atomic E-state index is 6.03. The molecule has 0 spiro atoms. The molecule has 0 aliphatic carbocycles. The van der Waals surface area contributed by atoms with Crippen LogP contribution in [0.2, 0.25) is 0 Å². The molecule has 0 saturated carbocycles. The van der Waals surface area contributed by atoms with Gasteiger partial charge in [-0.05, 0) is 37.3 Å². The van der Waals surface area contributed by atoms with E-state index >= 15 is 0 Å². The summed E-state index contributed by atoms with van der Waals surface area (Å²) >= 11 is 0. The molecule has 0 atom stereocenters. The van der Waals surface area contributed by atoms with Crippen molar-refractivity contribution in [3.05, 3.63) is 54.4 Å². The van der Waals surface area contributed by atoms with E-state index in [-0.39, 0.29) is 0 Å². The molecule has 4 nitrogen and oxygen atoms in total. The topological polar surface area (TPSA) is 60.2 Å². The zero-order valence-corrected chi connectivity index (χ0v) is 12.1. The molecule has 0 aliphatic heterocycles. The van der Waals surface area contributed by atoms with E-state index in [1.165, 1.54) is 0 Å². The molecular formula is C17H17N3O. The monoisotopic (exact) mass is 279 g/mol. The van der Waals surface area contributed by atoms with Crippen LogP contribution in [-0.2, 0) is 0 Å². The summed E-state index contributed by atoms with van der Waals surface area (Å²) < 4.78 is 5.25. The first-order chi connectivity index (χ1) is 10.2. The summed E-state index contributed by atoms with van der Waals surface area (Å²) in [5.41, 5.74) is 9.68. The van der Waals surface area contributed by atoms with E-state index in [2.05, 4.69) is 10.3 Å². The number of rotatable bonds is 3. The third kappa shape index (κ3) is 2.60. The Morgan fingerprint density at radius 1 is 1.10 bits per heavy atom. The maximum Gasteiger partial charge on any atom is 0.120 e. The number of nitrogens with two attached hydrogens (primary N) is 1. The standard InChI is InChI=1S/C17H17N3O/c1-11-8-14-15(10-19-11)16(18)6-7-17(14)20-12-4-3-5-13(9-12)21-2/h3-10,20H,18H2,1-2H3. The van der Waals surface area contributed by atoms with Gasteiger partial charge in [-0.1, -0.05) is 6.07 Å². The molecule has 4 heteroatoms. The molecule has 0 fully saturated rings. The Hall–Kier alpha value is -2.75. The number of nitrogens with zero attached hydrogens (tertiary/aromatic N) is 1. The second-order valence-electron chi connectivity index (χ2n) is 4.93. The number of benzene rings is 2. The van der Waals surface area contributed by atoms with Crippen LogP contribution in [0.15, 0.2) is 48.7 Å². The number of hydrogen-bond acceptors (Lipinski definition) is 4. The van der Waals surface area contributed by atoms with Gasteiger partial charge in [-0.15, -0.1) is 0 Å². The molecule has 1 aromatic heterocycles. The average Bonchev–Trinajstić information content (AvgIpc) is 2.50. The largest absolute Gasteiger partial charge is 0.497 e. The van der Waals surface area contributed by atoms with Gasteiger partial charge in [-0.2, -0.15) is 0 Å². The highest BCUT2D eigenvalue weighted by Crippen LogP contribution is 2.31. The molecule has 3 rings (SSSR count). The van der Waals surface area contributed by atoms with E-state index in [9.17, 15) is 0 Å². The van der Waals surface area contributed by atoms with Gasteiger partial charge in [0.05, 0.1) is 7.11 Å². The van der Waals surface area contributed by atoms with Gasteiger partial charge in [0.25, 0.3) is 0 Å². The second kappa shape index (κ2) is 5.32. The number of methoxy groups -OCH3 is 1. The Morgan fingerprint density at radius 2 is 1.95 bits per heavy atom. The smallest absolute Gasteiger partial charge is 0.120 e. The van der Waals surface area contributed by atoms with Crippen molar-refractivity contribution in [2.75, 3.05) is 18.2 Å². The second-order valence-corrected chi connectivity index (χ2v) is 4.93. The van der Waals surface area contributed by atoms with E-state index in [4.69, 9.17) is 10.5 Å². The highest BCUT2D eigenvalue weighted by molar-refractivity contribution is 6.01. The molecule has 0 bridgehead atoms. The zero-order chi connectivity index (χ0) is 14.8. The summed E-state index contributed by atoms with van der Waals surface area (Å²) in [4.78, 5) is 4.32. The van der Waals surface area contributed by atoms with Crippen molar-refractivity contribution < 1.29 is 4.74 Å². The lowest BCUT2D eigenvalue weighted by molar-refractivity contribution is 0.415. The van der Waals surface area contributed by atoms with Crippen molar-refractivity contribution in [1.29, 1.82) is 0 Å². The van der Waals surface area contributed by atoms with Crippen LogP contribution >= 0.6 is 0 Å². The summed E-state index contributed by atoms with van der Waals surface area (Å²) in [7, 11) is 1.66. The number of ether oxygens (including phenoxy) is 1. The zero-order valence-electron chi connectivity index (χ0n) is 12.1. The molecule has 0 unspecified atom stereocenters. The van der Waals surface area contributed by atoms with Gasteiger partial charge >= 0.3 is 0 Å². The third-order valence-electron chi connectivity index (χ3n) is 3.42.